The molecular formula is C17H17N3O. The second kappa shape index (κ2) is 6.22. The Morgan fingerprint density at radius 1 is 1.00 bits per heavy atom. The highest BCUT2D eigenvalue weighted by molar-refractivity contribution is 5.51. The van der Waals surface area contributed by atoms with Crippen molar-refractivity contribution in [3.05, 3.63) is 66.1 Å². The number of aryl methyl sites for hydroxylation is 1. The lowest BCUT2D eigenvalue weighted by Gasteiger charge is -2.04. The summed E-state index contributed by atoms with van der Waals surface area (Å²) in [4.78, 5) is 0. The number of nitrogens with zero attached hydrogens (tertiary/aromatic N) is 2. The van der Waals surface area contributed by atoms with E-state index in [1.807, 2.05) is 36.4 Å². The number of rotatable bonds is 5. The summed E-state index contributed by atoms with van der Waals surface area (Å²) in [5.41, 5.74) is 3.30. The summed E-state index contributed by atoms with van der Waals surface area (Å²) in [6, 6.07) is 18.1. The molecular weight excluding hydrogens is 262 g/mol. The van der Waals surface area contributed by atoms with Gasteiger partial charge in [-0.05, 0) is 36.8 Å². The summed E-state index contributed by atoms with van der Waals surface area (Å²) >= 11 is 0. The van der Waals surface area contributed by atoms with Crippen LogP contribution >= 0.6 is 0 Å². The third kappa shape index (κ3) is 3.48. The van der Waals surface area contributed by atoms with E-state index in [1.54, 1.807) is 0 Å². The highest BCUT2D eigenvalue weighted by Gasteiger charge is 2.07. The molecule has 2 aromatic carbocycles. The van der Waals surface area contributed by atoms with Gasteiger partial charge >= 0.3 is 0 Å². The number of benzene rings is 2. The van der Waals surface area contributed by atoms with Crippen molar-refractivity contribution in [2.24, 2.45) is 0 Å². The van der Waals surface area contributed by atoms with Gasteiger partial charge in [-0.3, -0.25) is 0 Å². The minimum atomic E-state index is 0.571. The second-order valence-electron chi connectivity index (χ2n) is 4.91. The first kappa shape index (κ1) is 13.4. The molecule has 0 amide bonds. The highest BCUT2D eigenvalue weighted by atomic mass is 16.4. The van der Waals surface area contributed by atoms with E-state index in [0.29, 0.717) is 18.2 Å². The number of anilines is 1. The van der Waals surface area contributed by atoms with E-state index < -0.39 is 0 Å². The summed E-state index contributed by atoms with van der Waals surface area (Å²) in [6.07, 6.45) is 0.702. The van der Waals surface area contributed by atoms with Gasteiger partial charge in [0.05, 0.1) is 0 Å². The Balaban J connectivity index is 1.58. The third-order valence-corrected chi connectivity index (χ3v) is 3.17. The van der Waals surface area contributed by atoms with Gasteiger partial charge in [0, 0.05) is 24.2 Å². The lowest BCUT2D eigenvalue weighted by Crippen LogP contribution is -2.05. The smallest absolute Gasteiger partial charge is 0.247 e. The summed E-state index contributed by atoms with van der Waals surface area (Å²) in [6.45, 7) is 2.84. The zero-order valence-electron chi connectivity index (χ0n) is 11.9. The van der Waals surface area contributed by atoms with E-state index >= 15 is 0 Å². The zero-order valence-corrected chi connectivity index (χ0v) is 11.9. The molecule has 0 aliphatic rings. The fourth-order valence-electron chi connectivity index (χ4n) is 2.12. The topological polar surface area (TPSA) is 51.0 Å². The number of hydrogen-bond donors (Lipinski definition) is 1. The van der Waals surface area contributed by atoms with Crippen molar-refractivity contribution in [3.63, 3.8) is 0 Å². The molecule has 0 saturated heterocycles. The predicted octanol–water partition coefficient (Wildman–Crippen LogP) is 3.70. The molecule has 1 N–H and O–H groups in total. The van der Waals surface area contributed by atoms with Crippen molar-refractivity contribution in [3.8, 4) is 11.5 Å². The van der Waals surface area contributed by atoms with Crippen LogP contribution in [0.3, 0.4) is 0 Å². The van der Waals surface area contributed by atoms with Crippen molar-refractivity contribution in [2.75, 3.05) is 11.9 Å². The Labute approximate surface area is 123 Å². The van der Waals surface area contributed by atoms with Crippen molar-refractivity contribution in [2.45, 2.75) is 13.3 Å². The summed E-state index contributed by atoms with van der Waals surface area (Å²) in [5, 5.41) is 11.5. The standard InChI is InChI=1S/C17H17N3O/c1-13-6-5-9-15(12-13)18-11-10-16-19-20-17(21-16)14-7-3-2-4-8-14/h2-9,12,18H,10-11H2,1H3. The average molecular weight is 279 g/mol. The molecule has 0 aliphatic carbocycles. The lowest BCUT2D eigenvalue weighted by molar-refractivity contribution is 0.509. The van der Waals surface area contributed by atoms with Crippen LogP contribution in [0.4, 0.5) is 5.69 Å². The monoisotopic (exact) mass is 279 g/mol. The second-order valence-corrected chi connectivity index (χ2v) is 4.91. The first-order chi connectivity index (χ1) is 10.3. The SMILES string of the molecule is Cc1cccc(NCCc2nnc(-c3ccccc3)o2)c1. The summed E-state index contributed by atoms with van der Waals surface area (Å²) in [7, 11) is 0. The molecule has 0 fully saturated rings. The van der Waals surface area contributed by atoms with Crippen LogP contribution < -0.4 is 5.32 Å². The molecule has 0 atom stereocenters. The highest BCUT2D eigenvalue weighted by Crippen LogP contribution is 2.17. The largest absolute Gasteiger partial charge is 0.421 e. The van der Waals surface area contributed by atoms with Crippen LogP contribution in [0.2, 0.25) is 0 Å². The Hall–Kier alpha value is -2.62. The molecule has 0 spiro atoms. The molecule has 0 bridgehead atoms. The molecule has 1 aromatic heterocycles. The van der Waals surface area contributed by atoms with Gasteiger partial charge in [-0.1, -0.05) is 30.3 Å². The molecule has 4 nitrogen and oxygen atoms in total. The zero-order chi connectivity index (χ0) is 14.5. The van der Waals surface area contributed by atoms with Crippen molar-refractivity contribution < 1.29 is 4.42 Å². The molecule has 106 valence electrons. The van der Waals surface area contributed by atoms with Gasteiger partial charge in [-0.25, -0.2) is 0 Å². The van der Waals surface area contributed by atoms with Crippen LogP contribution in [0.15, 0.2) is 59.0 Å². The maximum atomic E-state index is 5.67. The van der Waals surface area contributed by atoms with Crippen LogP contribution in [0.1, 0.15) is 11.5 Å². The molecule has 4 heteroatoms. The van der Waals surface area contributed by atoms with E-state index in [-0.39, 0.29) is 0 Å². The number of aromatic nitrogens is 2. The Kier molecular flexibility index (Phi) is 3.96. The van der Waals surface area contributed by atoms with E-state index in [2.05, 4.69) is 40.6 Å². The molecule has 0 aliphatic heterocycles. The van der Waals surface area contributed by atoms with E-state index in [1.165, 1.54) is 5.56 Å². The summed E-state index contributed by atoms with van der Waals surface area (Å²) < 4.78 is 5.67. The predicted molar refractivity (Wildman–Crippen MR) is 83.1 cm³/mol. The van der Waals surface area contributed by atoms with Crippen LogP contribution in [-0.2, 0) is 6.42 Å². The maximum Gasteiger partial charge on any atom is 0.247 e. The van der Waals surface area contributed by atoms with Gasteiger partial charge in [-0.15, -0.1) is 10.2 Å². The van der Waals surface area contributed by atoms with Gasteiger partial charge in [0.15, 0.2) is 0 Å². The minimum absolute atomic E-state index is 0.571. The molecule has 3 aromatic rings. The molecule has 3 rings (SSSR count). The third-order valence-electron chi connectivity index (χ3n) is 3.17. The maximum absolute atomic E-state index is 5.67. The molecule has 0 saturated carbocycles. The Morgan fingerprint density at radius 2 is 1.86 bits per heavy atom. The first-order valence-corrected chi connectivity index (χ1v) is 6.99. The van der Waals surface area contributed by atoms with E-state index in [9.17, 15) is 0 Å². The normalized spacial score (nSPS) is 10.5. The van der Waals surface area contributed by atoms with Gasteiger partial charge in [0.1, 0.15) is 0 Å². The Bertz CT molecular complexity index is 707. The quantitative estimate of drug-likeness (QED) is 0.773. The van der Waals surface area contributed by atoms with Crippen LogP contribution in [-0.4, -0.2) is 16.7 Å². The first-order valence-electron chi connectivity index (χ1n) is 6.99. The van der Waals surface area contributed by atoms with Gasteiger partial charge in [0.25, 0.3) is 0 Å². The van der Waals surface area contributed by atoms with E-state index in [0.717, 1.165) is 17.8 Å². The van der Waals surface area contributed by atoms with E-state index in [4.69, 9.17) is 4.42 Å². The molecule has 0 unspecified atom stereocenters. The van der Waals surface area contributed by atoms with Crippen molar-refractivity contribution in [1.29, 1.82) is 0 Å². The number of hydrogen-bond acceptors (Lipinski definition) is 4. The van der Waals surface area contributed by atoms with Crippen LogP contribution in [0, 0.1) is 6.92 Å². The fraction of sp³-hybridized carbons (Fsp3) is 0.176. The van der Waals surface area contributed by atoms with Crippen LogP contribution in [0.5, 0.6) is 0 Å². The van der Waals surface area contributed by atoms with Crippen molar-refractivity contribution >= 4 is 5.69 Å². The molecule has 0 radical (unpaired) electrons. The van der Waals surface area contributed by atoms with Gasteiger partial charge < -0.3 is 9.73 Å². The number of nitrogens with one attached hydrogen (secondary N) is 1. The van der Waals surface area contributed by atoms with Gasteiger partial charge in [-0.2, -0.15) is 0 Å². The average Bonchev–Trinajstić information content (AvgIpc) is 2.97. The van der Waals surface area contributed by atoms with Crippen molar-refractivity contribution in [1.82, 2.24) is 10.2 Å². The summed E-state index contributed by atoms with van der Waals surface area (Å²) in [5.74, 6) is 1.22. The van der Waals surface area contributed by atoms with Gasteiger partial charge in [0.2, 0.25) is 11.8 Å². The fourth-order valence-corrected chi connectivity index (χ4v) is 2.12. The minimum Gasteiger partial charge on any atom is -0.421 e. The van der Waals surface area contributed by atoms with Crippen LogP contribution in [0.25, 0.3) is 11.5 Å². The molecule has 1 heterocycles. The lowest BCUT2D eigenvalue weighted by atomic mass is 10.2. The molecule has 21 heavy (non-hydrogen) atoms. The Morgan fingerprint density at radius 3 is 2.67 bits per heavy atom.